The Morgan fingerprint density at radius 1 is 1.29 bits per heavy atom. The van der Waals surface area contributed by atoms with Crippen molar-refractivity contribution in [1.29, 1.82) is 0 Å². The van der Waals surface area contributed by atoms with Crippen molar-refractivity contribution < 1.29 is 27.5 Å². The van der Waals surface area contributed by atoms with Crippen molar-refractivity contribution in [2.75, 3.05) is 26.2 Å². The Hall–Kier alpha value is -1.47. The number of likely N-dealkylation sites (N-methyl/N-ethyl adjacent to an activating group) is 1. The third-order valence-corrected chi connectivity index (χ3v) is 1.73. The summed E-state index contributed by atoms with van der Waals surface area (Å²) in [6, 6.07) is -0.946. The molecule has 0 aromatic carbocycles. The number of hydrogen-bond donors (Lipinski definition) is 1. The van der Waals surface area contributed by atoms with E-state index in [1.165, 1.54) is 0 Å². The topological polar surface area (TPSA) is 58.6 Å². The van der Waals surface area contributed by atoms with E-state index in [9.17, 15) is 22.8 Å². The van der Waals surface area contributed by atoms with E-state index in [0.29, 0.717) is 0 Å². The highest BCUT2D eigenvalue weighted by Gasteiger charge is 2.29. The summed E-state index contributed by atoms with van der Waals surface area (Å²) in [7, 11) is 0. The zero-order valence-corrected chi connectivity index (χ0v) is 9.63. The van der Waals surface area contributed by atoms with E-state index in [0.717, 1.165) is 4.90 Å². The van der Waals surface area contributed by atoms with Crippen LogP contribution in [0.1, 0.15) is 13.8 Å². The standard InChI is InChI=1S/C9H15F3N2O3/c1-3-14(5-7(15)17-4-2)8(16)13-6-9(10,11)12/h3-6H2,1-2H3,(H,13,16). The first kappa shape index (κ1) is 15.5. The molecule has 0 radical (unpaired) electrons. The number of halogens is 3. The Balaban J connectivity index is 4.17. The predicted molar refractivity (Wildman–Crippen MR) is 53.3 cm³/mol. The molecule has 0 bridgehead atoms. The van der Waals surface area contributed by atoms with Crippen LogP contribution in [0.2, 0.25) is 0 Å². The number of nitrogens with one attached hydrogen (secondary N) is 1. The van der Waals surface area contributed by atoms with Gasteiger partial charge in [-0.1, -0.05) is 0 Å². The van der Waals surface area contributed by atoms with Crippen LogP contribution >= 0.6 is 0 Å². The number of carbonyl (C=O) groups is 2. The molecule has 0 fully saturated rings. The summed E-state index contributed by atoms with van der Waals surface area (Å²) < 4.78 is 40.1. The molecule has 0 heterocycles. The van der Waals surface area contributed by atoms with Gasteiger partial charge in [0.2, 0.25) is 0 Å². The van der Waals surface area contributed by atoms with Crippen LogP contribution in [0.15, 0.2) is 0 Å². The lowest BCUT2D eigenvalue weighted by Crippen LogP contribution is -2.45. The summed E-state index contributed by atoms with van der Waals surface area (Å²) >= 11 is 0. The van der Waals surface area contributed by atoms with Crippen LogP contribution in [0, 0.1) is 0 Å². The average molecular weight is 256 g/mol. The Morgan fingerprint density at radius 3 is 2.29 bits per heavy atom. The highest BCUT2D eigenvalue weighted by Crippen LogP contribution is 2.12. The van der Waals surface area contributed by atoms with Gasteiger partial charge in [0.25, 0.3) is 0 Å². The molecule has 17 heavy (non-hydrogen) atoms. The van der Waals surface area contributed by atoms with Crippen LogP contribution in [0.4, 0.5) is 18.0 Å². The van der Waals surface area contributed by atoms with Gasteiger partial charge in [-0.3, -0.25) is 4.79 Å². The van der Waals surface area contributed by atoms with E-state index in [2.05, 4.69) is 4.74 Å². The van der Waals surface area contributed by atoms with Gasteiger partial charge in [-0.25, -0.2) is 4.79 Å². The minimum Gasteiger partial charge on any atom is -0.465 e. The summed E-state index contributed by atoms with van der Waals surface area (Å²) in [6.07, 6.45) is -4.47. The molecule has 0 unspecified atom stereocenters. The zero-order chi connectivity index (χ0) is 13.5. The van der Waals surface area contributed by atoms with Gasteiger partial charge in [-0.05, 0) is 13.8 Å². The first-order valence-corrected chi connectivity index (χ1v) is 5.05. The third-order valence-electron chi connectivity index (χ3n) is 1.73. The molecule has 0 aliphatic rings. The van der Waals surface area contributed by atoms with Crippen molar-refractivity contribution >= 4 is 12.0 Å². The molecular formula is C9H15F3N2O3. The number of rotatable bonds is 5. The van der Waals surface area contributed by atoms with Gasteiger partial charge in [0.1, 0.15) is 13.1 Å². The molecule has 0 atom stereocenters. The molecule has 8 heteroatoms. The molecule has 0 rings (SSSR count). The highest BCUT2D eigenvalue weighted by molar-refractivity contribution is 5.80. The van der Waals surface area contributed by atoms with Crippen molar-refractivity contribution in [1.82, 2.24) is 10.2 Å². The number of amides is 2. The van der Waals surface area contributed by atoms with Gasteiger partial charge < -0.3 is 15.0 Å². The molecule has 2 amide bonds. The van der Waals surface area contributed by atoms with E-state index in [1.807, 2.05) is 0 Å². The number of nitrogens with zero attached hydrogens (tertiary/aromatic N) is 1. The zero-order valence-electron chi connectivity index (χ0n) is 9.63. The Bertz CT molecular complexity index is 269. The second kappa shape index (κ2) is 6.97. The monoisotopic (exact) mass is 256 g/mol. The number of urea groups is 1. The molecular weight excluding hydrogens is 241 g/mol. The maximum atomic E-state index is 11.8. The maximum absolute atomic E-state index is 11.8. The summed E-state index contributed by atoms with van der Waals surface area (Å²) in [5.41, 5.74) is 0. The van der Waals surface area contributed by atoms with Crippen molar-refractivity contribution in [2.45, 2.75) is 20.0 Å². The van der Waals surface area contributed by atoms with Crippen molar-refractivity contribution in [3.63, 3.8) is 0 Å². The van der Waals surface area contributed by atoms with Crippen LogP contribution in [0.3, 0.4) is 0 Å². The third kappa shape index (κ3) is 7.42. The summed E-state index contributed by atoms with van der Waals surface area (Å²) in [6.45, 7) is 1.62. The van der Waals surface area contributed by atoms with Crippen LogP contribution in [0.5, 0.6) is 0 Å². The fourth-order valence-corrected chi connectivity index (χ4v) is 0.977. The SMILES string of the molecule is CCOC(=O)CN(CC)C(=O)NCC(F)(F)F. The Kier molecular flexibility index (Phi) is 6.37. The molecule has 0 saturated heterocycles. The van der Waals surface area contributed by atoms with E-state index >= 15 is 0 Å². The van der Waals surface area contributed by atoms with Gasteiger partial charge >= 0.3 is 18.2 Å². The number of alkyl halides is 3. The molecule has 1 N–H and O–H groups in total. The van der Waals surface area contributed by atoms with Crippen molar-refractivity contribution in [2.24, 2.45) is 0 Å². The largest absolute Gasteiger partial charge is 0.465 e. The number of ether oxygens (including phenoxy) is 1. The molecule has 100 valence electrons. The fourth-order valence-electron chi connectivity index (χ4n) is 0.977. The first-order chi connectivity index (χ1) is 7.80. The number of hydrogen-bond acceptors (Lipinski definition) is 3. The minimum atomic E-state index is -4.47. The van der Waals surface area contributed by atoms with Crippen molar-refractivity contribution in [3.05, 3.63) is 0 Å². The van der Waals surface area contributed by atoms with Crippen molar-refractivity contribution in [3.8, 4) is 0 Å². The Labute approximate surface area is 96.9 Å². The molecule has 0 aromatic heterocycles. The second-order valence-electron chi connectivity index (χ2n) is 3.09. The smallest absolute Gasteiger partial charge is 0.405 e. The van der Waals surface area contributed by atoms with Crippen LogP contribution in [-0.4, -0.2) is 49.3 Å². The first-order valence-electron chi connectivity index (χ1n) is 5.05. The maximum Gasteiger partial charge on any atom is 0.405 e. The molecule has 0 saturated carbocycles. The number of carbonyl (C=O) groups excluding carboxylic acids is 2. The highest BCUT2D eigenvalue weighted by atomic mass is 19.4. The molecule has 0 spiro atoms. The van der Waals surface area contributed by atoms with E-state index in [-0.39, 0.29) is 19.7 Å². The van der Waals surface area contributed by atoms with E-state index in [1.54, 1.807) is 19.2 Å². The van der Waals surface area contributed by atoms with E-state index in [4.69, 9.17) is 0 Å². The van der Waals surface area contributed by atoms with Crippen LogP contribution < -0.4 is 5.32 Å². The quantitative estimate of drug-likeness (QED) is 0.750. The summed E-state index contributed by atoms with van der Waals surface area (Å²) in [5.74, 6) is -0.656. The summed E-state index contributed by atoms with van der Waals surface area (Å²) in [5, 5.41) is 1.68. The minimum absolute atomic E-state index is 0.114. The molecule has 5 nitrogen and oxygen atoms in total. The fraction of sp³-hybridized carbons (Fsp3) is 0.778. The number of esters is 1. The Morgan fingerprint density at radius 2 is 1.88 bits per heavy atom. The van der Waals surface area contributed by atoms with E-state index < -0.39 is 24.7 Å². The van der Waals surface area contributed by atoms with Gasteiger partial charge in [-0.2, -0.15) is 13.2 Å². The lowest BCUT2D eigenvalue weighted by atomic mass is 10.5. The second-order valence-corrected chi connectivity index (χ2v) is 3.09. The lowest BCUT2D eigenvalue weighted by Gasteiger charge is -2.20. The van der Waals surface area contributed by atoms with Gasteiger partial charge in [-0.15, -0.1) is 0 Å². The predicted octanol–water partition coefficient (Wildman–Crippen LogP) is 1.14. The molecule has 0 aliphatic carbocycles. The lowest BCUT2D eigenvalue weighted by molar-refractivity contribution is -0.143. The summed E-state index contributed by atoms with van der Waals surface area (Å²) in [4.78, 5) is 23.3. The normalized spacial score (nSPS) is 10.9. The van der Waals surface area contributed by atoms with Crippen LogP contribution in [-0.2, 0) is 9.53 Å². The molecule has 0 aliphatic heterocycles. The van der Waals surface area contributed by atoms with Gasteiger partial charge in [0, 0.05) is 6.54 Å². The average Bonchev–Trinajstić information content (AvgIpc) is 2.22. The molecule has 0 aromatic rings. The van der Waals surface area contributed by atoms with Crippen LogP contribution in [0.25, 0.3) is 0 Å². The van der Waals surface area contributed by atoms with Gasteiger partial charge in [0.15, 0.2) is 0 Å². The van der Waals surface area contributed by atoms with Gasteiger partial charge in [0.05, 0.1) is 6.61 Å².